The first-order valence-electron chi connectivity index (χ1n) is 10.6. The monoisotopic (exact) mass is 432 g/mol. The van der Waals surface area contributed by atoms with Gasteiger partial charge in [-0.05, 0) is 73.6 Å². The van der Waals surface area contributed by atoms with Crippen LogP contribution in [0.2, 0.25) is 0 Å². The van der Waals surface area contributed by atoms with E-state index in [1.54, 1.807) is 11.0 Å². The number of hydrogen-bond donors (Lipinski definition) is 2. The molecule has 2 aliphatic rings. The lowest BCUT2D eigenvalue weighted by Gasteiger charge is -2.17. The molecule has 1 fully saturated rings. The molecule has 1 aliphatic carbocycles. The van der Waals surface area contributed by atoms with Crippen LogP contribution >= 0.6 is 11.3 Å². The number of carbonyl (C=O) groups is 2. The van der Waals surface area contributed by atoms with Crippen LogP contribution in [0.25, 0.3) is 11.3 Å². The summed E-state index contributed by atoms with van der Waals surface area (Å²) in [5.41, 5.74) is 7.12. The number of amides is 3. The van der Waals surface area contributed by atoms with Crippen molar-refractivity contribution in [2.45, 2.75) is 32.6 Å². The van der Waals surface area contributed by atoms with E-state index in [1.165, 1.54) is 35.3 Å². The number of thiazole rings is 1. The van der Waals surface area contributed by atoms with Crippen LogP contribution in [0, 0.1) is 6.92 Å². The summed E-state index contributed by atoms with van der Waals surface area (Å²) in [7, 11) is 0. The molecule has 0 bridgehead atoms. The van der Waals surface area contributed by atoms with Crippen LogP contribution in [-0.4, -0.2) is 30.0 Å². The molecule has 5 rings (SSSR count). The third-order valence-corrected chi connectivity index (χ3v) is 6.73. The number of benzene rings is 2. The van der Waals surface area contributed by atoms with Gasteiger partial charge in [0.25, 0.3) is 5.91 Å². The van der Waals surface area contributed by atoms with Crippen molar-refractivity contribution < 1.29 is 9.59 Å². The maximum absolute atomic E-state index is 12.8. The SMILES string of the molecule is Cc1cc(C(=O)Nc2nc(-c3ccc4c(c3)CCCC4)cs2)ccc1N1CCNC1=O. The number of fused-ring (bicyclic) bond motifs is 1. The average molecular weight is 433 g/mol. The minimum absolute atomic E-state index is 0.0993. The Morgan fingerprint density at radius 3 is 2.74 bits per heavy atom. The van der Waals surface area contributed by atoms with Gasteiger partial charge in [-0.25, -0.2) is 9.78 Å². The molecule has 31 heavy (non-hydrogen) atoms. The third kappa shape index (κ3) is 3.93. The zero-order valence-corrected chi connectivity index (χ0v) is 18.2. The summed E-state index contributed by atoms with van der Waals surface area (Å²) in [6.45, 7) is 3.18. The molecular weight excluding hydrogens is 408 g/mol. The number of anilines is 2. The second-order valence-electron chi connectivity index (χ2n) is 8.07. The first-order chi connectivity index (χ1) is 15.1. The van der Waals surface area contributed by atoms with Gasteiger partial charge in [0.1, 0.15) is 0 Å². The predicted molar refractivity (Wildman–Crippen MR) is 124 cm³/mol. The van der Waals surface area contributed by atoms with Crippen molar-refractivity contribution >= 4 is 34.1 Å². The van der Waals surface area contributed by atoms with E-state index in [4.69, 9.17) is 0 Å². The number of nitrogens with zero attached hydrogens (tertiary/aromatic N) is 2. The van der Waals surface area contributed by atoms with Gasteiger partial charge in [0.15, 0.2) is 5.13 Å². The van der Waals surface area contributed by atoms with Crippen molar-refractivity contribution in [1.82, 2.24) is 10.3 Å². The molecule has 0 saturated carbocycles. The minimum Gasteiger partial charge on any atom is -0.336 e. The smallest absolute Gasteiger partial charge is 0.322 e. The van der Waals surface area contributed by atoms with Gasteiger partial charge < -0.3 is 5.32 Å². The number of carbonyl (C=O) groups excluding carboxylic acids is 2. The molecule has 2 N–H and O–H groups in total. The summed E-state index contributed by atoms with van der Waals surface area (Å²) >= 11 is 1.43. The molecular formula is C24H24N4O2S. The number of aromatic nitrogens is 1. The van der Waals surface area contributed by atoms with Crippen LogP contribution in [0.5, 0.6) is 0 Å². The zero-order chi connectivity index (χ0) is 21.4. The number of nitrogens with one attached hydrogen (secondary N) is 2. The maximum Gasteiger partial charge on any atom is 0.322 e. The quantitative estimate of drug-likeness (QED) is 0.623. The second-order valence-corrected chi connectivity index (χ2v) is 8.93. The summed E-state index contributed by atoms with van der Waals surface area (Å²) in [6.07, 6.45) is 4.81. The summed E-state index contributed by atoms with van der Waals surface area (Å²) in [5, 5.41) is 8.28. The van der Waals surface area contributed by atoms with E-state index in [0.29, 0.717) is 23.8 Å². The summed E-state index contributed by atoms with van der Waals surface area (Å²) in [4.78, 5) is 31.0. The van der Waals surface area contributed by atoms with Gasteiger partial charge in [0, 0.05) is 35.3 Å². The highest BCUT2D eigenvalue weighted by atomic mass is 32.1. The largest absolute Gasteiger partial charge is 0.336 e. The van der Waals surface area contributed by atoms with E-state index in [2.05, 4.69) is 33.8 Å². The van der Waals surface area contributed by atoms with E-state index >= 15 is 0 Å². The van der Waals surface area contributed by atoms with Gasteiger partial charge in [-0.15, -0.1) is 11.3 Å². The molecule has 3 amide bonds. The van der Waals surface area contributed by atoms with E-state index in [0.717, 1.165) is 35.3 Å². The van der Waals surface area contributed by atoms with E-state index in [-0.39, 0.29) is 11.9 Å². The fourth-order valence-corrected chi connectivity index (χ4v) is 5.04. The van der Waals surface area contributed by atoms with E-state index < -0.39 is 0 Å². The Balaban J connectivity index is 1.31. The van der Waals surface area contributed by atoms with Crippen LogP contribution in [-0.2, 0) is 12.8 Å². The second kappa shape index (κ2) is 8.15. The highest BCUT2D eigenvalue weighted by molar-refractivity contribution is 7.14. The first-order valence-corrected chi connectivity index (χ1v) is 11.5. The Morgan fingerprint density at radius 2 is 1.97 bits per heavy atom. The lowest BCUT2D eigenvalue weighted by Crippen LogP contribution is -2.28. The van der Waals surface area contributed by atoms with Crippen LogP contribution < -0.4 is 15.5 Å². The number of urea groups is 1. The van der Waals surface area contributed by atoms with Crippen LogP contribution in [0.15, 0.2) is 41.8 Å². The van der Waals surface area contributed by atoms with Crippen LogP contribution in [0.3, 0.4) is 0 Å². The molecule has 6 nitrogen and oxygen atoms in total. The minimum atomic E-state index is -0.202. The van der Waals surface area contributed by atoms with Gasteiger partial charge >= 0.3 is 6.03 Å². The molecule has 0 unspecified atom stereocenters. The Kier molecular flexibility index (Phi) is 5.19. The van der Waals surface area contributed by atoms with Crippen molar-refractivity contribution in [2.24, 2.45) is 0 Å². The summed E-state index contributed by atoms with van der Waals surface area (Å²) in [5.74, 6) is -0.202. The standard InChI is InChI=1S/C24H24N4O2S/c1-15-12-19(8-9-21(15)28-11-10-25-24(28)30)22(29)27-23-26-20(14-31-23)18-7-6-16-4-2-3-5-17(16)13-18/h6-9,12-14H,2-5,10-11H2,1H3,(H,25,30)(H,26,27,29). The van der Waals surface area contributed by atoms with Gasteiger partial charge in [-0.3, -0.25) is 15.0 Å². The van der Waals surface area contributed by atoms with Gasteiger partial charge in [0.05, 0.1) is 5.69 Å². The Hall–Kier alpha value is -3.19. The molecule has 158 valence electrons. The Labute approximate surface area is 185 Å². The number of hydrogen-bond acceptors (Lipinski definition) is 4. The first kappa shape index (κ1) is 19.8. The zero-order valence-electron chi connectivity index (χ0n) is 17.4. The fraction of sp³-hybridized carbons (Fsp3) is 0.292. The maximum atomic E-state index is 12.8. The van der Waals surface area contributed by atoms with E-state index in [1.807, 2.05) is 24.4 Å². The molecule has 0 spiro atoms. The highest BCUT2D eigenvalue weighted by Gasteiger charge is 2.23. The highest BCUT2D eigenvalue weighted by Crippen LogP contribution is 2.30. The van der Waals surface area contributed by atoms with Crippen molar-refractivity contribution in [3.63, 3.8) is 0 Å². The number of rotatable bonds is 4. The van der Waals surface area contributed by atoms with Crippen LogP contribution in [0.4, 0.5) is 15.6 Å². The molecule has 1 aliphatic heterocycles. The van der Waals surface area contributed by atoms with Crippen molar-refractivity contribution in [3.05, 3.63) is 64.0 Å². The summed E-state index contributed by atoms with van der Waals surface area (Å²) < 4.78 is 0. The van der Waals surface area contributed by atoms with Crippen molar-refractivity contribution in [2.75, 3.05) is 23.3 Å². The van der Waals surface area contributed by atoms with Gasteiger partial charge in [-0.1, -0.05) is 12.1 Å². The average Bonchev–Trinajstić information content (AvgIpc) is 3.42. The molecule has 7 heteroatoms. The molecule has 3 aromatic rings. The number of aryl methyl sites for hydroxylation is 3. The molecule has 2 heterocycles. The molecule has 0 atom stereocenters. The Morgan fingerprint density at radius 1 is 1.13 bits per heavy atom. The molecule has 2 aromatic carbocycles. The summed E-state index contributed by atoms with van der Waals surface area (Å²) in [6, 6.07) is 11.9. The van der Waals surface area contributed by atoms with Crippen LogP contribution in [0.1, 0.15) is 39.9 Å². The predicted octanol–water partition coefficient (Wildman–Crippen LogP) is 4.78. The van der Waals surface area contributed by atoms with Gasteiger partial charge in [-0.2, -0.15) is 0 Å². The molecule has 1 saturated heterocycles. The topological polar surface area (TPSA) is 74.3 Å². The lowest BCUT2D eigenvalue weighted by molar-refractivity contribution is 0.102. The fourth-order valence-electron chi connectivity index (χ4n) is 4.33. The van der Waals surface area contributed by atoms with Crippen molar-refractivity contribution in [3.8, 4) is 11.3 Å². The normalized spacial score (nSPS) is 15.5. The van der Waals surface area contributed by atoms with E-state index in [9.17, 15) is 9.59 Å². The Bertz CT molecular complexity index is 1170. The van der Waals surface area contributed by atoms with Gasteiger partial charge in [0.2, 0.25) is 0 Å². The van der Waals surface area contributed by atoms with Crippen molar-refractivity contribution in [1.29, 1.82) is 0 Å². The molecule has 0 radical (unpaired) electrons. The third-order valence-electron chi connectivity index (χ3n) is 5.98. The molecule has 1 aromatic heterocycles. The lowest BCUT2D eigenvalue weighted by atomic mass is 9.90.